The minimum atomic E-state index is -4.88. The van der Waals surface area contributed by atoms with Gasteiger partial charge in [0.25, 0.3) is 0 Å². The molecule has 0 aliphatic carbocycles. The van der Waals surface area contributed by atoms with Crippen LogP contribution in [0.5, 0.6) is 0 Å². The van der Waals surface area contributed by atoms with Gasteiger partial charge >= 0.3 is 12.4 Å². The van der Waals surface area contributed by atoms with E-state index < -0.39 is 31.6 Å². The standard InChI is InChI=1S/C5H7F6NO2/c6-4(7,8)2-14-12-1-3(13)5(9,10)11/h3,12-13H,1-2H2. The molecule has 0 radical (unpaired) electrons. The Kier molecular flexibility index (Phi) is 4.62. The van der Waals surface area contributed by atoms with Crippen molar-refractivity contribution in [1.82, 2.24) is 5.48 Å². The molecule has 0 aromatic rings. The molecule has 9 heteroatoms. The summed E-state index contributed by atoms with van der Waals surface area (Å²) in [5.41, 5.74) is 1.36. The summed E-state index contributed by atoms with van der Waals surface area (Å²) >= 11 is 0. The van der Waals surface area contributed by atoms with E-state index in [1.54, 1.807) is 0 Å². The van der Waals surface area contributed by atoms with Crippen molar-refractivity contribution in [3.63, 3.8) is 0 Å². The molecule has 14 heavy (non-hydrogen) atoms. The molecule has 0 rings (SSSR count). The molecule has 0 fully saturated rings. The quantitative estimate of drug-likeness (QED) is 0.427. The molecule has 0 aromatic heterocycles. The van der Waals surface area contributed by atoms with Crippen LogP contribution in [0.1, 0.15) is 0 Å². The van der Waals surface area contributed by atoms with Crippen molar-refractivity contribution in [1.29, 1.82) is 0 Å². The van der Waals surface area contributed by atoms with Crippen molar-refractivity contribution in [2.24, 2.45) is 0 Å². The summed E-state index contributed by atoms with van der Waals surface area (Å²) in [5, 5.41) is 8.27. The summed E-state index contributed by atoms with van der Waals surface area (Å²) < 4.78 is 68.7. The van der Waals surface area contributed by atoms with Gasteiger partial charge in [-0.15, -0.1) is 0 Å². The Bertz CT molecular complexity index is 167. The van der Waals surface area contributed by atoms with E-state index in [9.17, 15) is 26.3 Å². The van der Waals surface area contributed by atoms with Gasteiger partial charge in [0.1, 0.15) is 0 Å². The number of aliphatic hydroxyl groups excluding tert-OH is 1. The Labute approximate surface area is 74.6 Å². The van der Waals surface area contributed by atoms with Crippen LogP contribution in [0.3, 0.4) is 0 Å². The highest BCUT2D eigenvalue weighted by Gasteiger charge is 2.38. The van der Waals surface area contributed by atoms with Gasteiger partial charge in [-0.1, -0.05) is 0 Å². The number of aliphatic hydroxyl groups is 1. The van der Waals surface area contributed by atoms with Crippen molar-refractivity contribution in [3.05, 3.63) is 0 Å². The monoisotopic (exact) mass is 227 g/mol. The summed E-state index contributed by atoms with van der Waals surface area (Å²) in [6.07, 6.45) is -12.3. The van der Waals surface area contributed by atoms with Crippen molar-refractivity contribution < 1.29 is 36.3 Å². The first-order chi connectivity index (χ1) is 6.13. The van der Waals surface area contributed by atoms with Crippen molar-refractivity contribution in [3.8, 4) is 0 Å². The molecule has 86 valence electrons. The largest absolute Gasteiger partial charge is 0.415 e. The topological polar surface area (TPSA) is 41.5 Å². The lowest BCUT2D eigenvalue weighted by molar-refractivity contribution is -0.219. The Hall–Kier alpha value is -0.540. The molecule has 0 amide bonds. The third kappa shape index (κ3) is 6.92. The van der Waals surface area contributed by atoms with Gasteiger partial charge in [-0.3, -0.25) is 4.84 Å². The van der Waals surface area contributed by atoms with E-state index in [0.29, 0.717) is 0 Å². The molecule has 0 spiro atoms. The van der Waals surface area contributed by atoms with E-state index in [2.05, 4.69) is 4.84 Å². The molecular weight excluding hydrogens is 220 g/mol. The first kappa shape index (κ1) is 13.5. The number of hydrogen-bond donors (Lipinski definition) is 2. The fourth-order valence-corrected chi connectivity index (χ4v) is 0.386. The van der Waals surface area contributed by atoms with Gasteiger partial charge in [0.05, 0.1) is 6.54 Å². The zero-order chi connectivity index (χ0) is 11.4. The predicted molar refractivity (Wildman–Crippen MR) is 32.1 cm³/mol. The van der Waals surface area contributed by atoms with E-state index in [1.165, 1.54) is 5.48 Å². The Morgan fingerprint density at radius 3 is 2.00 bits per heavy atom. The molecule has 0 heterocycles. The van der Waals surface area contributed by atoms with E-state index >= 15 is 0 Å². The normalized spacial score (nSPS) is 15.6. The minimum absolute atomic E-state index is 1.15. The molecular formula is C5H7F6NO2. The van der Waals surface area contributed by atoms with Gasteiger partial charge in [-0.2, -0.15) is 31.8 Å². The molecule has 0 aliphatic rings. The van der Waals surface area contributed by atoms with Crippen LogP contribution in [0.15, 0.2) is 0 Å². The molecule has 0 aliphatic heterocycles. The summed E-state index contributed by atoms with van der Waals surface area (Å²) in [6.45, 7) is -2.88. The number of rotatable bonds is 4. The van der Waals surface area contributed by atoms with Crippen molar-refractivity contribution >= 4 is 0 Å². The second kappa shape index (κ2) is 4.80. The average molecular weight is 227 g/mol. The van der Waals surface area contributed by atoms with Crippen LogP contribution < -0.4 is 5.48 Å². The molecule has 0 bridgehead atoms. The van der Waals surface area contributed by atoms with E-state index in [-0.39, 0.29) is 0 Å². The van der Waals surface area contributed by atoms with Crippen LogP contribution in [0.2, 0.25) is 0 Å². The van der Waals surface area contributed by atoms with E-state index in [0.717, 1.165) is 0 Å². The Morgan fingerprint density at radius 2 is 1.64 bits per heavy atom. The summed E-state index contributed by atoms with van der Waals surface area (Å²) in [7, 11) is 0. The SMILES string of the molecule is OC(CNOCC(F)(F)F)C(F)(F)F. The van der Waals surface area contributed by atoms with Gasteiger partial charge < -0.3 is 5.11 Å². The number of hydrogen-bond acceptors (Lipinski definition) is 3. The minimum Gasteiger partial charge on any atom is -0.382 e. The van der Waals surface area contributed by atoms with Crippen LogP contribution in [-0.4, -0.2) is 36.7 Å². The van der Waals surface area contributed by atoms with Crippen LogP contribution in [0.25, 0.3) is 0 Å². The molecule has 1 unspecified atom stereocenters. The summed E-state index contributed by atoms with van der Waals surface area (Å²) in [5.74, 6) is 0. The lowest BCUT2D eigenvalue weighted by Crippen LogP contribution is -2.39. The second-order valence-electron chi connectivity index (χ2n) is 2.31. The van der Waals surface area contributed by atoms with Crippen molar-refractivity contribution in [2.45, 2.75) is 18.5 Å². The highest BCUT2D eigenvalue weighted by Crippen LogP contribution is 2.19. The first-order valence-electron chi connectivity index (χ1n) is 3.29. The maximum Gasteiger partial charge on any atom is 0.415 e. The van der Waals surface area contributed by atoms with Gasteiger partial charge in [0, 0.05) is 0 Å². The number of hydroxylamine groups is 1. The van der Waals surface area contributed by atoms with Crippen LogP contribution >= 0.6 is 0 Å². The number of alkyl halides is 6. The fourth-order valence-electron chi connectivity index (χ4n) is 0.386. The third-order valence-corrected chi connectivity index (χ3v) is 0.992. The smallest absolute Gasteiger partial charge is 0.382 e. The predicted octanol–water partition coefficient (Wildman–Crippen LogP) is 0.993. The zero-order valence-electron chi connectivity index (χ0n) is 6.61. The number of halogens is 6. The van der Waals surface area contributed by atoms with Gasteiger partial charge in [0.2, 0.25) is 0 Å². The summed E-state index contributed by atoms with van der Waals surface area (Å²) in [6, 6.07) is 0. The molecule has 0 saturated heterocycles. The van der Waals surface area contributed by atoms with Gasteiger partial charge in [-0.25, -0.2) is 0 Å². The fraction of sp³-hybridized carbons (Fsp3) is 1.00. The first-order valence-corrected chi connectivity index (χ1v) is 3.29. The highest BCUT2D eigenvalue weighted by atomic mass is 19.4. The van der Waals surface area contributed by atoms with Crippen LogP contribution in [-0.2, 0) is 4.84 Å². The lowest BCUT2D eigenvalue weighted by Gasteiger charge is -2.15. The maximum atomic E-state index is 11.5. The average Bonchev–Trinajstić information content (AvgIpc) is 1.93. The zero-order valence-corrected chi connectivity index (χ0v) is 6.61. The van der Waals surface area contributed by atoms with Crippen LogP contribution in [0, 0.1) is 0 Å². The van der Waals surface area contributed by atoms with Gasteiger partial charge in [0.15, 0.2) is 12.7 Å². The van der Waals surface area contributed by atoms with Crippen LogP contribution in [0.4, 0.5) is 26.3 Å². The van der Waals surface area contributed by atoms with Gasteiger partial charge in [-0.05, 0) is 0 Å². The van der Waals surface area contributed by atoms with Crippen molar-refractivity contribution in [2.75, 3.05) is 13.2 Å². The lowest BCUT2D eigenvalue weighted by atomic mass is 10.3. The Balaban J connectivity index is 3.56. The molecule has 3 nitrogen and oxygen atoms in total. The number of nitrogens with one attached hydrogen (secondary N) is 1. The molecule has 0 saturated carbocycles. The molecule has 2 N–H and O–H groups in total. The third-order valence-electron chi connectivity index (χ3n) is 0.992. The Morgan fingerprint density at radius 1 is 1.14 bits per heavy atom. The highest BCUT2D eigenvalue weighted by molar-refractivity contribution is 4.65. The maximum absolute atomic E-state index is 11.5. The second-order valence-corrected chi connectivity index (χ2v) is 2.31. The van der Waals surface area contributed by atoms with E-state index in [1.807, 2.05) is 0 Å². The van der Waals surface area contributed by atoms with E-state index in [4.69, 9.17) is 5.11 Å². The summed E-state index contributed by atoms with van der Waals surface area (Å²) in [4.78, 5) is 3.63. The molecule has 0 aromatic carbocycles. The molecule has 1 atom stereocenters.